The summed E-state index contributed by atoms with van der Waals surface area (Å²) in [6.45, 7) is 5.92. The minimum atomic E-state index is -4.42. The van der Waals surface area contributed by atoms with E-state index < -0.39 is 22.7 Å². The van der Waals surface area contributed by atoms with Gasteiger partial charge >= 0.3 is 6.18 Å². The van der Waals surface area contributed by atoms with Crippen LogP contribution in [0.2, 0.25) is 0 Å². The van der Waals surface area contributed by atoms with Crippen LogP contribution in [0.1, 0.15) is 11.1 Å². The molecule has 0 aliphatic carbocycles. The fourth-order valence-electron chi connectivity index (χ4n) is 2.35. The summed E-state index contributed by atoms with van der Waals surface area (Å²) in [4.78, 5) is 2.32. The third kappa shape index (κ3) is 3.52. The first kappa shape index (κ1) is 15.3. The van der Waals surface area contributed by atoms with Gasteiger partial charge in [0.05, 0.1) is 17.5 Å². The lowest BCUT2D eigenvalue weighted by atomic mass is 10.1. The van der Waals surface area contributed by atoms with Crippen LogP contribution in [-0.2, 0) is 10.8 Å². The second kappa shape index (κ2) is 5.73. The number of alkyl halides is 3. The minimum absolute atomic E-state index is 0.273. The van der Waals surface area contributed by atoms with Crippen LogP contribution in [0.3, 0.4) is 0 Å². The molecule has 7 heteroatoms. The molecule has 0 saturated carbocycles. The van der Waals surface area contributed by atoms with Crippen LogP contribution in [0.25, 0.3) is 0 Å². The fourth-order valence-corrected chi connectivity index (χ4v) is 3.46. The van der Waals surface area contributed by atoms with Crippen molar-refractivity contribution in [2.75, 3.05) is 30.4 Å². The van der Waals surface area contributed by atoms with Gasteiger partial charge in [0.15, 0.2) is 0 Å². The van der Waals surface area contributed by atoms with Crippen LogP contribution < -0.4 is 10.2 Å². The van der Waals surface area contributed by atoms with Crippen LogP contribution in [-0.4, -0.2) is 35.9 Å². The molecule has 1 N–H and O–H groups in total. The van der Waals surface area contributed by atoms with E-state index >= 15 is 0 Å². The summed E-state index contributed by atoms with van der Waals surface area (Å²) in [7, 11) is -2.06. The number of benzene rings is 1. The van der Waals surface area contributed by atoms with Gasteiger partial charge < -0.3 is 4.90 Å². The molecular formula is C13H17F3N2OS. The molecule has 0 aromatic heterocycles. The van der Waals surface area contributed by atoms with Crippen molar-refractivity contribution in [2.24, 2.45) is 0 Å². The Morgan fingerprint density at radius 3 is 2.55 bits per heavy atom. The van der Waals surface area contributed by atoms with Crippen molar-refractivity contribution in [3.05, 3.63) is 23.3 Å². The number of hydrogen-bond acceptors (Lipinski definition) is 3. The van der Waals surface area contributed by atoms with Crippen molar-refractivity contribution >= 4 is 16.5 Å². The van der Waals surface area contributed by atoms with E-state index in [1.54, 1.807) is 19.1 Å². The summed E-state index contributed by atoms with van der Waals surface area (Å²) in [5.74, 6) is -1.30. The maximum absolute atomic E-state index is 12.4. The Labute approximate surface area is 118 Å². The van der Waals surface area contributed by atoms with Crippen molar-refractivity contribution in [3.63, 3.8) is 0 Å². The Hall–Kier alpha value is -1.08. The van der Waals surface area contributed by atoms with Gasteiger partial charge in [-0.05, 0) is 31.0 Å². The molecule has 0 radical (unpaired) electrons. The lowest BCUT2D eigenvalue weighted by Gasteiger charge is -2.21. The fraction of sp³-hybridized carbons (Fsp3) is 0.538. The monoisotopic (exact) mass is 306 g/mol. The molecule has 1 unspecified atom stereocenters. The second-order valence-electron chi connectivity index (χ2n) is 4.93. The molecular weight excluding hydrogens is 289 g/mol. The highest BCUT2D eigenvalue weighted by Crippen LogP contribution is 2.29. The second-order valence-corrected chi connectivity index (χ2v) is 6.35. The highest BCUT2D eigenvalue weighted by Gasteiger charge is 2.32. The van der Waals surface area contributed by atoms with Gasteiger partial charge in [0, 0.05) is 23.7 Å². The summed E-state index contributed by atoms with van der Waals surface area (Å²) < 4.78 is 49.1. The third-order valence-corrected chi connectivity index (χ3v) is 4.76. The van der Waals surface area contributed by atoms with E-state index in [0.29, 0.717) is 12.2 Å². The number of nitrogens with zero attached hydrogens (tertiary/aromatic N) is 1. The molecule has 3 nitrogen and oxygen atoms in total. The molecule has 1 aliphatic rings. The van der Waals surface area contributed by atoms with E-state index in [4.69, 9.17) is 0 Å². The number of hydrogen-bond donors (Lipinski definition) is 1. The highest BCUT2D eigenvalue weighted by atomic mass is 32.2. The Balaban J connectivity index is 2.33. The summed E-state index contributed by atoms with van der Waals surface area (Å²) in [6, 6.07) is 3.44. The molecule has 20 heavy (non-hydrogen) atoms. The van der Waals surface area contributed by atoms with Crippen molar-refractivity contribution in [1.82, 2.24) is 5.32 Å². The number of rotatable bonds is 3. The lowest BCUT2D eigenvalue weighted by Crippen LogP contribution is -2.23. The van der Waals surface area contributed by atoms with Crippen molar-refractivity contribution in [3.8, 4) is 0 Å². The van der Waals surface area contributed by atoms with Gasteiger partial charge in [-0.25, -0.2) is 0 Å². The van der Waals surface area contributed by atoms with Crippen LogP contribution >= 0.6 is 0 Å². The van der Waals surface area contributed by atoms with E-state index in [9.17, 15) is 17.4 Å². The third-order valence-electron chi connectivity index (χ3n) is 3.24. The number of aryl methyl sites for hydroxylation is 2. The summed E-state index contributed by atoms with van der Waals surface area (Å²) in [5.41, 5.74) is 2.48. The number of anilines is 1. The zero-order valence-corrected chi connectivity index (χ0v) is 12.2. The van der Waals surface area contributed by atoms with Gasteiger partial charge in [-0.1, -0.05) is 6.07 Å². The normalized spacial score (nSPS) is 17.6. The van der Waals surface area contributed by atoms with Gasteiger partial charge in [-0.2, -0.15) is 13.2 Å². The quantitative estimate of drug-likeness (QED) is 0.930. The Kier molecular flexibility index (Phi) is 4.39. The van der Waals surface area contributed by atoms with Gasteiger partial charge in [-0.3, -0.25) is 9.53 Å². The number of halogens is 3. The van der Waals surface area contributed by atoms with Crippen LogP contribution in [0.5, 0.6) is 0 Å². The van der Waals surface area contributed by atoms with Gasteiger partial charge in [0.1, 0.15) is 5.75 Å². The van der Waals surface area contributed by atoms with Crippen molar-refractivity contribution in [1.29, 1.82) is 0 Å². The van der Waals surface area contributed by atoms with Crippen LogP contribution in [0, 0.1) is 13.8 Å². The number of nitrogens with one attached hydrogen (secondary N) is 1. The molecule has 0 spiro atoms. The standard InChI is InChI=1S/C13H17F3N2OS/c1-9-5-10(2)12(20(19)7-13(14,15)16)6-11(9)18-4-3-17-8-18/h5-6,17H,3-4,7-8H2,1-2H3. The predicted molar refractivity (Wildman–Crippen MR) is 73.5 cm³/mol. The molecule has 1 heterocycles. The molecule has 112 valence electrons. The van der Waals surface area contributed by atoms with E-state index in [-0.39, 0.29) is 4.90 Å². The largest absolute Gasteiger partial charge is 0.400 e. The Morgan fingerprint density at radius 2 is 2.00 bits per heavy atom. The molecule has 1 aromatic rings. The first-order valence-corrected chi connectivity index (χ1v) is 7.62. The van der Waals surface area contributed by atoms with Crippen LogP contribution in [0.15, 0.2) is 17.0 Å². The van der Waals surface area contributed by atoms with Crippen molar-refractivity contribution < 1.29 is 17.4 Å². The molecule has 0 bridgehead atoms. The SMILES string of the molecule is Cc1cc(C)c(S(=O)CC(F)(F)F)cc1N1CCNC1. The molecule has 1 aliphatic heterocycles. The van der Waals surface area contributed by atoms with Crippen LogP contribution in [0.4, 0.5) is 18.9 Å². The predicted octanol–water partition coefficient (Wildman–Crippen LogP) is 2.34. The molecule has 2 rings (SSSR count). The highest BCUT2D eigenvalue weighted by molar-refractivity contribution is 7.85. The zero-order valence-electron chi connectivity index (χ0n) is 11.4. The van der Waals surface area contributed by atoms with Gasteiger partial charge in [0.2, 0.25) is 0 Å². The van der Waals surface area contributed by atoms with Crippen molar-refractivity contribution in [2.45, 2.75) is 24.9 Å². The minimum Gasteiger partial charge on any atom is -0.357 e. The van der Waals surface area contributed by atoms with E-state index in [1.807, 2.05) is 11.8 Å². The summed E-state index contributed by atoms with van der Waals surface area (Å²) in [5, 5.41) is 3.17. The summed E-state index contributed by atoms with van der Waals surface area (Å²) in [6.07, 6.45) is -4.42. The zero-order chi connectivity index (χ0) is 14.9. The maximum atomic E-state index is 12.4. The van der Waals surface area contributed by atoms with E-state index in [1.165, 1.54) is 0 Å². The molecule has 1 aromatic carbocycles. The summed E-state index contributed by atoms with van der Waals surface area (Å²) >= 11 is 0. The molecule has 1 fully saturated rings. The lowest BCUT2D eigenvalue weighted by molar-refractivity contribution is -0.105. The first-order chi connectivity index (χ1) is 9.28. The topological polar surface area (TPSA) is 32.3 Å². The maximum Gasteiger partial charge on any atom is 0.400 e. The van der Waals surface area contributed by atoms with E-state index in [2.05, 4.69) is 5.32 Å². The van der Waals surface area contributed by atoms with E-state index in [0.717, 1.165) is 24.3 Å². The Bertz CT molecular complexity index is 525. The van der Waals surface area contributed by atoms with Gasteiger partial charge in [0.25, 0.3) is 0 Å². The first-order valence-electron chi connectivity index (χ1n) is 6.30. The molecule has 1 atom stereocenters. The molecule has 0 amide bonds. The average molecular weight is 306 g/mol. The molecule has 1 saturated heterocycles. The smallest absolute Gasteiger partial charge is 0.357 e. The average Bonchev–Trinajstić information content (AvgIpc) is 2.79. The Morgan fingerprint density at radius 1 is 1.30 bits per heavy atom. The van der Waals surface area contributed by atoms with Gasteiger partial charge in [-0.15, -0.1) is 0 Å².